The molecule has 6 nitrogen and oxygen atoms in total. The molecule has 0 aliphatic carbocycles. The lowest BCUT2D eigenvalue weighted by atomic mass is 9.93. The van der Waals surface area contributed by atoms with Gasteiger partial charge in [0.2, 0.25) is 0 Å². The molecule has 2 heterocycles. The number of hydrogen-bond acceptors (Lipinski definition) is 4. The van der Waals surface area contributed by atoms with Gasteiger partial charge in [0.05, 0.1) is 17.0 Å². The molecule has 0 atom stereocenters. The highest BCUT2D eigenvalue weighted by molar-refractivity contribution is 14.0. The smallest absolute Gasteiger partial charge is 0.356 e. The van der Waals surface area contributed by atoms with Crippen LogP contribution >= 0.6 is 24.0 Å². The third-order valence-corrected chi connectivity index (χ3v) is 8.03. The van der Waals surface area contributed by atoms with E-state index in [1.807, 2.05) is 4.90 Å². The van der Waals surface area contributed by atoms with Crippen molar-refractivity contribution in [1.82, 2.24) is 15.1 Å². The summed E-state index contributed by atoms with van der Waals surface area (Å²) in [6.07, 6.45) is -1.72. The molecule has 11 heteroatoms. The van der Waals surface area contributed by atoms with E-state index in [-0.39, 0.29) is 29.7 Å². The lowest BCUT2D eigenvalue weighted by molar-refractivity contribution is -0.148. The largest absolute Gasteiger partial charge is 0.401 e. The number of likely N-dealkylation sites (tertiary alicyclic amines) is 1. The van der Waals surface area contributed by atoms with Crippen LogP contribution in [0.15, 0.2) is 4.99 Å². The number of guanidine groups is 1. The van der Waals surface area contributed by atoms with Gasteiger partial charge in [-0.1, -0.05) is 0 Å². The molecule has 166 valence electrons. The summed E-state index contributed by atoms with van der Waals surface area (Å²) in [5, 5.41) is 3.29. The molecule has 0 bridgehead atoms. The van der Waals surface area contributed by atoms with E-state index < -0.39 is 27.3 Å². The number of aliphatic imine (C=N–C) groups is 1. The van der Waals surface area contributed by atoms with E-state index in [1.54, 1.807) is 20.9 Å². The Balaban J connectivity index is 0.00000392. The van der Waals surface area contributed by atoms with Gasteiger partial charge in [0.15, 0.2) is 15.8 Å². The molecule has 28 heavy (non-hydrogen) atoms. The number of nitrogens with one attached hydrogen (secondary N) is 1. The van der Waals surface area contributed by atoms with Gasteiger partial charge in [-0.3, -0.25) is 9.89 Å². The van der Waals surface area contributed by atoms with Gasteiger partial charge in [0.25, 0.3) is 0 Å². The van der Waals surface area contributed by atoms with Crippen LogP contribution in [0, 0.1) is 5.92 Å². The molecule has 2 fully saturated rings. The second-order valence-electron chi connectivity index (χ2n) is 8.10. The zero-order valence-corrected chi connectivity index (χ0v) is 19.9. The van der Waals surface area contributed by atoms with Gasteiger partial charge in [0.1, 0.15) is 0 Å². The van der Waals surface area contributed by atoms with Crippen molar-refractivity contribution in [2.75, 3.05) is 52.1 Å². The average molecular weight is 540 g/mol. The summed E-state index contributed by atoms with van der Waals surface area (Å²) in [6, 6.07) is 0. The second-order valence-corrected chi connectivity index (χ2v) is 10.8. The Kier molecular flexibility index (Phi) is 9.32. The summed E-state index contributed by atoms with van der Waals surface area (Å²) >= 11 is 0. The number of nitrogens with zero attached hydrogens (tertiary/aromatic N) is 3. The third kappa shape index (κ3) is 7.19. The maximum atomic E-state index is 12.4. The lowest BCUT2D eigenvalue weighted by Gasteiger charge is -2.39. The molecule has 2 rings (SSSR count). The van der Waals surface area contributed by atoms with E-state index in [0.29, 0.717) is 44.6 Å². The minimum absolute atomic E-state index is 0. The van der Waals surface area contributed by atoms with E-state index in [4.69, 9.17) is 0 Å². The van der Waals surface area contributed by atoms with Crippen LogP contribution in [-0.4, -0.2) is 87.2 Å². The van der Waals surface area contributed by atoms with Crippen molar-refractivity contribution in [2.45, 2.75) is 44.0 Å². The zero-order valence-electron chi connectivity index (χ0n) is 16.8. The monoisotopic (exact) mass is 540 g/mol. The summed E-state index contributed by atoms with van der Waals surface area (Å²) < 4.78 is 60.8. The molecular formula is C17H32F3IN4O2S. The fourth-order valence-corrected chi connectivity index (χ4v) is 5.10. The predicted octanol–water partition coefficient (Wildman–Crippen LogP) is 2.35. The van der Waals surface area contributed by atoms with Crippen molar-refractivity contribution in [3.05, 3.63) is 0 Å². The standard InChI is InChI=1S/C17H31F3N4O2S.HI/c1-16(2)12-24(10-11-27(16,25)26)15(21-3)22-7-4-14-5-8-23(9-6-14)13-17(18,19)20;/h14H,4-13H2,1-3H3,(H,21,22);1H. The van der Waals surface area contributed by atoms with Crippen LogP contribution in [-0.2, 0) is 9.84 Å². The first-order valence-corrected chi connectivity index (χ1v) is 11.1. The van der Waals surface area contributed by atoms with Crippen molar-refractivity contribution in [1.29, 1.82) is 0 Å². The normalized spacial score (nSPS) is 23.9. The van der Waals surface area contributed by atoms with Crippen LogP contribution in [0.1, 0.15) is 33.1 Å². The Hall–Kier alpha value is -0.300. The fraction of sp³-hybridized carbons (Fsp3) is 0.941. The summed E-state index contributed by atoms with van der Waals surface area (Å²) in [5.74, 6) is 1.20. The molecule has 2 saturated heterocycles. The minimum atomic E-state index is -4.13. The van der Waals surface area contributed by atoms with Gasteiger partial charge in [-0.15, -0.1) is 24.0 Å². The maximum Gasteiger partial charge on any atom is 0.401 e. The second kappa shape index (κ2) is 10.1. The summed E-state index contributed by atoms with van der Waals surface area (Å²) in [5.41, 5.74) is 0. The molecule has 2 aliphatic rings. The average Bonchev–Trinajstić information content (AvgIpc) is 2.54. The Labute approximate surface area is 183 Å². The van der Waals surface area contributed by atoms with Crippen molar-refractivity contribution in [3.63, 3.8) is 0 Å². The zero-order chi connectivity index (χ0) is 20.3. The van der Waals surface area contributed by atoms with E-state index in [0.717, 1.165) is 19.3 Å². The van der Waals surface area contributed by atoms with Crippen LogP contribution in [0.25, 0.3) is 0 Å². The van der Waals surface area contributed by atoms with E-state index in [1.165, 1.54) is 4.90 Å². The van der Waals surface area contributed by atoms with Crippen LogP contribution in [0.3, 0.4) is 0 Å². The molecule has 0 unspecified atom stereocenters. The SMILES string of the molecule is CN=C(NCCC1CCN(CC(F)(F)F)CC1)N1CCS(=O)(=O)C(C)(C)C1.I. The number of piperidine rings is 1. The van der Waals surface area contributed by atoms with Crippen LogP contribution in [0.4, 0.5) is 13.2 Å². The molecule has 1 N–H and O–H groups in total. The highest BCUT2D eigenvalue weighted by Crippen LogP contribution is 2.25. The number of hydrogen-bond donors (Lipinski definition) is 1. The molecule has 0 amide bonds. The van der Waals surface area contributed by atoms with Gasteiger partial charge >= 0.3 is 6.18 Å². The quantitative estimate of drug-likeness (QED) is 0.337. The van der Waals surface area contributed by atoms with Gasteiger partial charge in [-0.25, -0.2) is 8.42 Å². The molecule has 2 aliphatic heterocycles. The van der Waals surface area contributed by atoms with Gasteiger partial charge < -0.3 is 10.2 Å². The van der Waals surface area contributed by atoms with Crippen LogP contribution in [0.2, 0.25) is 0 Å². The van der Waals surface area contributed by atoms with E-state index in [2.05, 4.69) is 10.3 Å². The van der Waals surface area contributed by atoms with Crippen molar-refractivity contribution in [3.8, 4) is 0 Å². The van der Waals surface area contributed by atoms with Crippen molar-refractivity contribution in [2.24, 2.45) is 10.9 Å². The van der Waals surface area contributed by atoms with Crippen LogP contribution < -0.4 is 5.32 Å². The predicted molar refractivity (Wildman–Crippen MR) is 116 cm³/mol. The number of alkyl halides is 3. The molecule has 0 aromatic carbocycles. The van der Waals surface area contributed by atoms with Crippen LogP contribution in [0.5, 0.6) is 0 Å². The Bertz CT molecular complexity index is 633. The number of rotatable bonds is 4. The maximum absolute atomic E-state index is 12.4. The Morgan fingerprint density at radius 1 is 1.21 bits per heavy atom. The van der Waals surface area contributed by atoms with E-state index >= 15 is 0 Å². The Morgan fingerprint density at radius 2 is 1.82 bits per heavy atom. The third-order valence-electron chi connectivity index (χ3n) is 5.50. The van der Waals surface area contributed by atoms with E-state index in [9.17, 15) is 21.6 Å². The molecular weight excluding hydrogens is 508 g/mol. The molecule has 0 saturated carbocycles. The summed E-state index contributed by atoms with van der Waals surface area (Å²) in [6.45, 7) is 5.10. The Morgan fingerprint density at radius 3 is 2.32 bits per heavy atom. The first kappa shape index (κ1) is 25.7. The highest BCUT2D eigenvalue weighted by atomic mass is 127. The summed E-state index contributed by atoms with van der Waals surface area (Å²) in [7, 11) is -1.43. The number of sulfone groups is 1. The molecule has 0 radical (unpaired) electrons. The van der Waals surface area contributed by atoms with Gasteiger partial charge in [0, 0.05) is 26.7 Å². The van der Waals surface area contributed by atoms with Crippen molar-refractivity contribution < 1.29 is 21.6 Å². The summed E-state index contributed by atoms with van der Waals surface area (Å²) in [4.78, 5) is 7.70. The highest BCUT2D eigenvalue weighted by Gasteiger charge is 2.41. The van der Waals surface area contributed by atoms with Gasteiger partial charge in [-0.05, 0) is 52.1 Å². The molecule has 0 aromatic rings. The topological polar surface area (TPSA) is 65.0 Å². The first-order chi connectivity index (χ1) is 12.4. The first-order valence-electron chi connectivity index (χ1n) is 9.40. The number of halogens is 4. The molecule has 0 spiro atoms. The minimum Gasteiger partial charge on any atom is -0.356 e. The van der Waals surface area contributed by atoms with Crippen molar-refractivity contribution >= 4 is 39.8 Å². The molecule has 0 aromatic heterocycles. The lowest BCUT2D eigenvalue weighted by Crippen LogP contribution is -2.57. The fourth-order valence-electron chi connectivity index (χ4n) is 3.73. The van der Waals surface area contributed by atoms with Gasteiger partial charge in [-0.2, -0.15) is 13.2 Å².